The Morgan fingerprint density at radius 3 is 2.70 bits per heavy atom. The van der Waals surface area contributed by atoms with E-state index in [-0.39, 0.29) is 0 Å². The summed E-state index contributed by atoms with van der Waals surface area (Å²) in [6.07, 6.45) is 7.16. The highest BCUT2D eigenvalue weighted by molar-refractivity contribution is 7.90. The number of piperidine rings is 1. The summed E-state index contributed by atoms with van der Waals surface area (Å²) in [5.74, 6) is 0. The predicted octanol–water partition coefficient (Wildman–Crippen LogP) is 2.83. The first-order chi connectivity index (χ1) is 9.43. The molecule has 1 aromatic carbocycles. The Hall–Kier alpha value is -1.23. The summed E-state index contributed by atoms with van der Waals surface area (Å²) in [6, 6.07) is 5.64. The molecule has 1 aromatic rings. The maximum absolute atomic E-state index is 11.6. The zero-order valence-electron chi connectivity index (χ0n) is 12.3. The summed E-state index contributed by atoms with van der Waals surface area (Å²) in [5.41, 5.74) is 7.65. The number of hydrogen-bond donors (Lipinski definition) is 1. The third kappa shape index (κ3) is 3.26. The van der Waals surface area contributed by atoms with Crippen LogP contribution in [0, 0.1) is 0 Å². The van der Waals surface area contributed by atoms with Gasteiger partial charge in [-0.25, -0.2) is 8.42 Å². The summed E-state index contributed by atoms with van der Waals surface area (Å²) in [6.45, 7) is 3.20. The van der Waals surface area contributed by atoms with Crippen molar-refractivity contribution >= 4 is 21.2 Å². The lowest BCUT2D eigenvalue weighted by Gasteiger charge is -2.38. The monoisotopic (exact) mass is 296 g/mol. The average molecular weight is 296 g/mol. The van der Waals surface area contributed by atoms with Crippen molar-refractivity contribution in [2.24, 2.45) is 0 Å². The lowest BCUT2D eigenvalue weighted by molar-refractivity contribution is 0.435. The maximum atomic E-state index is 11.6. The lowest BCUT2D eigenvalue weighted by Crippen LogP contribution is -2.39. The first-order valence-corrected chi connectivity index (χ1v) is 9.19. The van der Waals surface area contributed by atoms with E-state index >= 15 is 0 Å². The van der Waals surface area contributed by atoms with Gasteiger partial charge in [-0.1, -0.05) is 13.3 Å². The van der Waals surface area contributed by atoms with Crippen LogP contribution in [0.3, 0.4) is 0 Å². The van der Waals surface area contributed by atoms with Crippen molar-refractivity contribution in [2.45, 2.75) is 50.0 Å². The van der Waals surface area contributed by atoms with Crippen LogP contribution in [0.5, 0.6) is 0 Å². The summed E-state index contributed by atoms with van der Waals surface area (Å²) >= 11 is 0. The van der Waals surface area contributed by atoms with E-state index in [2.05, 4.69) is 11.8 Å². The van der Waals surface area contributed by atoms with E-state index in [0.717, 1.165) is 25.1 Å². The van der Waals surface area contributed by atoms with Crippen molar-refractivity contribution in [3.63, 3.8) is 0 Å². The fourth-order valence-corrected chi connectivity index (χ4v) is 3.63. The fourth-order valence-electron chi connectivity index (χ4n) is 2.98. The number of nitrogen functional groups attached to an aromatic ring is 1. The summed E-state index contributed by atoms with van der Waals surface area (Å²) in [7, 11) is -3.20. The highest BCUT2D eigenvalue weighted by Gasteiger charge is 2.23. The standard InChI is InChI=1S/C15H24N2O2S/c1-3-6-12-7-4-5-10-17(12)15-9-8-13(11-14(15)16)20(2,18)19/h8-9,11-12H,3-7,10,16H2,1-2H3. The molecule has 0 spiro atoms. The van der Waals surface area contributed by atoms with E-state index in [1.165, 1.54) is 25.5 Å². The second-order valence-corrected chi connectivity index (χ2v) is 7.64. The van der Waals surface area contributed by atoms with Crippen molar-refractivity contribution in [1.82, 2.24) is 0 Å². The molecule has 1 atom stereocenters. The van der Waals surface area contributed by atoms with Gasteiger partial charge >= 0.3 is 0 Å². The molecule has 1 fully saturated rings. The van der Waals surface area contributed by atoms with Crippen molar-refractivity contribution in [3.05, 3.63) is 18.2 Å². The van der Waals surface area contributed by atoms with Crippen LogP contribution in [-0.4, -0.2) is 27.3 Å². The smallest absolute Gasteiger partial charge is 0.175 e. The molecule has 112 valence electrons. The Bertz CT molecular complexity index is 567. The molecule has 0 aliphatic carbocycles. The van der Waals surface area contributed by atoms with Crippen molar-refractivity contribution in [1.29, 1.82) is 0 Å². The SMILES string of the molecule is CCCC1CCCCN1c1ccc(S(C)(=O)=O)cc1N. The van der Waals surface area contributed by atoms with Crippen LogP contribution in [0.25, 0.3) is 0 Å². The van der Waals surface area contributed by atoms with Crippen LogP contribution >= 0.6 is 0 Å². The molecule has 1 saturated heterocycles. The van der Waals surface area contributed by atoms with E-state index in [1.807, 2.05) is 6.07 Å². The Balaban J connectivity index is 2.31. The predicted molar refractivity (Wildman–Crippen MR) is 83.9 cm³/mol. The minimum absolute atomic E-state index is 0.294. The number of nitrogens with zero attached hydrogens (tertiary/aromatic N) is 1. The van der Waals surface area contributed by atoms with E-state index in [1.54, 1.807) is 12.1 Å². The van der Waals surface area contributed by atoms with Gasteiger partial charge in [-0.3, -0.25) is 0 Å². The number of sulfone groups is 1. The molecule has 0 bridgehead atoms. The van der Waals surface area contributed by atoms with E-state index in [4.69, 9.17) is 5.73 Å². The molecule has 1 heterocycles. The maximum Gasteiger partial charge on any atom is 0.175 e. The number of nitrogens with two attached hydrogens (primary N) is 1. The van der Waals surface area contributed by atoms with Gasteiger partial charge in [0.05, 0.1) is 16.3 Å². The van der Waals surface area contributed by atoms with Crippen LogP contribution in [0.4, 0.5) is 11.4 Å². The molecule has 4 nitrogen and oxygen atoms in total. The van der Waals surface area contributed by atoms with Gasteiger partial charge in [0.2, 0.25) is 0 Å². The molecule has 5 heteroatoms. The van der Waals surface area contributed by atoms with Gasteiger partial charge in [0.1, 0.15) is 0 Å². The molecule has 1 unspecified atom stereocenters. The number of hydrogen-bond acceptors (Lipinski definition) is 4. The Kier molecular flexibility index (Phi) is 4.58. The second-order valence-electron chi connectivity index (χ2n) is 5.62. The molecule has 2 N–H and O–H groups in total. The lowest BCUT2D eigenvalue weighted by atomic mass is 9.97. The van der Waals surface area contributed by atoms with Gasteiger partial charge in [0.25, 0.3) is 0 Å². The third-order valence-corrected chi connectivity index (χ3v) is 5.10. The number of benzene rings is 1. The Labute approximate surface area is 121 Å². The second kappa shape index (κ2) is 6.04. The normalized spacial score (nSPS) is 20.1. The van der Waals surface area contributed by atoms with Crippen molar-refractivity contribution in [3.8, 4) is 0 Å². The van der Waals surface area contributed by atoms with Crippen LogP contribution in [0.2, 0.25) is 0 Å². The van der Waals surface area contributed by atoms with E-state index in [9.17, 15) is 8.42 Å². The highest BCUT2D eigenvalue weighted by Crippen LogP contribution is 2.32. The molecule has 20 heavy (non-hydrogen) atoms. The van der Waals surface area contributed by atoms with Crippen molar-refractivity contribution in [2.75, 3.05) is 23.4 Å². The quantitative estimate of drug-likeness (QED) is 0.868. The third-order valence-electron chi connectivity index (χ3n) is 3.99. The largest absolute Gasteiger partial charge is 0.397 e. The van der Waals surface area contributed by atoms with Crippen LogP contribution < -0.4 is 10.6 Å². The molecule has 0 amide bonds. The number of anilines is 2. The van der Waals surface area contributed by atoms with Gasteiger partial charge in [-0.05, 0) is 43.9 Å². The van der Waals surface area contributed by atoms with Gasteiger partial charge in [0.15, 0.2) is 9.84 Å². The van der Waals surface area contributed by atoms with Gasteiger partial charge in [-0.15, -0.1) is 0 Å². The van der Waals surface area contributed by atoms with Gasteiger partial charge in [0, 0.05) is 18.8 Å². The molecule has 0 radical (unpaired) electrons. The zero-order chi connectivity index (χ0) is 14.8. The van der Waals surface area contributed by atoms with Crippen LogP contribution in [0.1, 0.15) is 39.0 Å². The Morgan fingerprint density at radius 2 is 2.10 bits per heavy atom. The minimum Gasteiger partial charge on any atom is -0.397 e. The van der Waals surface area contributed by atoms with E-state index < -0.39 is 9.84 Å². The van der Waals surface area contributed by atoms with Crippen LogP contribution in [-0.2, 0) is 9.84 Å². The van der Waals surface area contributed by atoms with Gasteiger partial charge in [-0.2, -0.15) is 0 Å². The van der Waals surface area contributed by atoms with Crippen LogP contribution in [0.15, 0.2) is 23.1 Å². The fraction of sp³-hybridized carbons (Fsp3) is 0.600. The topological polar surface area (TPSA) is 63.4 Å². The molecule has 0 saturated carbocycles. The molecule has 2 rings (SSSR count). The summed E-state index contributed by atoms with van der Waals surface area (Å²) in [4.78, 5) is 2.65. The molecule has 1 aliphatic heterocycles. The first-order valence-electron chi connectivity index (χ1n) is 7.29. The first kappa shape index (κ1) is 15.2. The summed E-state index contributed by atoms with van der Waals surface area (Å²) in [5, 5.41) is 0. The van der Waals surface area contributed by atoms with Crippen molar-refractivity contribution < 1.29 is 8.42 Å². The average Bonchev–Trinajstić information content (AvgIpc) is 2.39. The molecular formula is C15H24N2O2S. The molecule has 1 aliphatic rings. The molecular weight excluding hydrogens is 272 g/mol. The zero-order valence-corrected chi connectivity index (χ0v) is 13.1. The Morgan fingerprint density at radius 1 is 1.35 bits per heavy atom. The van der Waals surface area contributed by atoms with Gasteiger partial charge < -0.3 is 10.6 Å². The summed E-state index contributed by atoms with van der Waals surface area (Å²) < 4.78 is 23.1. The van der Waals surface area contributed by atoms with E-state index in [0.29, 0.717) is 16.6 Å². The minimum atomic E-state index is -3.20. The molecule has 0 aromatic heterocycles. The number of rotatable bonds is 4. The highest BCUT2D eigenvalue weighted by atomic mass is 32.2.